The highest BCUT2D eigenvalue weighted by atomic mass is 79.9. The number of hydrogen-bond acceptors (Lipinski definition) is 5. The first-order valence-electron chi connectivity index (χ1n) is 7.81. The van der Waals surface area contributed by atoms with Gasteiger partial charge in [0.15, 0.2) is 0 Å². The third kappa shape index (κ3) is 3.56. The SMILES string of the molecule is CC(C)(C)OC(=O)N1CC(Nc2c(N)cnc3ccc(Br)cc23)C1. The molecule has 1 amide bonds. The number of anilines is 2. The number of nitrogen functional groups attached to an aromatic ring is 1. The molecule has 2 aromatic rings. The summed E-state index contributed by atoms with van der Waals surface area (Å²) in [5.41, 5.74) is 7.94. The van der Waals surface area contributed by atoms with Crippen molar-refractivity contribution in [1.82, 2.24) is 9.88 Å². The monoisotopic (exact) mass is 392 g/mol. The third-order valence-electron chi connectivity index (χ3n) is 3.74. The Kier molecular flexibility index (Phi) is 4.29. The number of likely N-dealkylation sites (tertiary alicyclic amines) is 1. The van der Waals surface area contributed by atoms with Crippen LogP contribution in [0.3, 0.4) is 0 Å². The maximum Gasteiger partial charge on any atom is 0.410 e. The lowest BCUT2D eigenvalue weighted by Gasteiger charge is -2.40. The number of rotatable bonds is 2. The lowest BCUT2D eigenvalue weighted by molar-refractivity contribution is 0.0105. The summed E-state index contributed by atoms with van der Waals surface area (Å²) in [5, 5.41) is 4.39. The zero-order chi connectivity index (χ0) is 17.5. The minimum Gasteiger partial charge on any atom is -0.444 e. The second-order valence-corrected chi connectivity index (χ2v) is 7.89. The number of hydrogen-bond donors (Lipinski definition) is 2. The molecule has 0 aliphatic carbocycles. The van der Waals surface area contributed by atoms with Crippen LogP contribution in [0.2, 0.25) is 0 Å². The highest BCUT2D eigenvalue weighted by Crippen LogP contribution is 2.31. The van der Waals surface area contributed by atoms with Crippen LogP contribution >= 0.6 is 15.9 Å². The molecule has 0 spiro atoms. The first-order valence-corrected chi connectivity index (χ1v) is 8.60. The van der Waals surface area contributed by atoms with Crippen LogP contribution < -0.4 is 11.1 Å². The topological polar surface area (TPSA) is 80.5 Å². The van der Waals surface area contributed by atoms with Crippen molar-refractivity contribution >= 4 is 44.3 Å². The summed E-state index contributed by atoms with van der Waals surface area (Å²) in [7, 11) is 0. The maximum atomic E-state index is 12.0. The van der Waals surface area contributed by atoms with Crippen LogP contribution in [-0.4, -0.2) is 40.7 Å². The number of nitrogens with two attached hydrogens (primary N) is 1. The van der Waals surface area contributed by atoms with Gasteiger partial charge in [0.1, 0.15) is 5.60 Å². The van der Waals surface area contributed by atoms with Crippen molar-refractivity contribution in [3.05, 3.63) is 28.9 Å². The van der Waals surface area contributed by atoms with Crippen molar-refractivity contribution in [2.45, 2.75) is 32.4 Å². The molecule has 0 unspecified atom stereocenters. The highest BCUT2D eigenvalue weighted by Gasteiger charge is 2.34. The number of nitrogens with one attached hydrogen (secondary N) is 1. The first-order chi connectivity index (χ1) is 11.2. The van der Waals surface area contributed by atoms with Crippen molar-refractivity contribution < 1.29 is 9.53 Å². The molecule has 1 fully saturated rings. The van der Waals surface area contributed by atoms with Crippen molar-refractivity contribution in [2.75, 3.05) is 24.1 Å². The molecule has 24 heavy (non-hydrogen) atoms. The summed E-state index contributed by atoms with van der Waals surface area (Å²) >= 11 is 3.48. The number of carbonyl (C=O) groups excluding carboxylic acids is 1. The smallest absolute Gasteiger partial charge is 0.410 e. The molecule has 0 atom stereocenters. The fraction of sp³-hybridized carbons (Fsp3) is 0.412. The van der Waals surface area contributed by atoms with Crippen molar-refractivity contribution in [1.29, 1.82) is 0 Å². The predicted molar refractivity (Wildman–Crippen MR) is 99.1 cm³/mol. The lowest BCUT2D eigenvalue weighted by atomic mass is 10.1. The number of fused-ring (bicyclic) bond motifs is 1. The van der Waals surface area contributed by atoms with E-state index in [-0.39, 0.29) is 12.1 Å². The normalized spacial score (nSPS) is 15.2. The molecule has 7 heteroatoms. The second kappa shape index (κ2) is 6.12. The van der Waals surface area contributed by atoms with Gasteiger partial charge >= 0.3 is 6.09 Å². The van der Waals surface area contributed by atoms with Gasteiger partial charge in [0, 0.05) is 22.9 Å². The van der Waals surface area contributed by atoms with Crippen LogP contribution in [0.4, 0.5) is 16.2 Å². The molecule has 0 saturated carbocycles. The molecule has 6 nitrogen and oxygen atoms in total. The number of nitrogens with zero attached hydrogens (tertiary/aromatic N) is 2. The van der Waals surface area contributed by atoms with Crippen LogP contribution in [0.25, 0.3) is 10.9 Å². The Morgan fingerprint density at radius 3 is 2.79 bits per heavy atom. The minimum atomic E-state index is -0.479. The second-order valence-electron chi connectivity index (χ2n) is 6.98. The van der Waals surface area contributed by atoms with Gasteiger partial charge in [-0.05, 0) is 39.0 Å². The lowest BCUT2D eigenvalue weighted by Crippen LogP contribution is -2.58. The summed E-state index contributed by atoms with van der Waals surface area (Å²) in [4.78, 5) is 18.0. The number of carbonyl (C=O) groups is 1. The van der Waals surface area contributed by atoms with Gasteiger partial charge in [-0.25, -0.2) is 4.79 Å². The van der Waals surface area contributed by atoms with Gasteiger partial charge < -0.3 is 20.7 Å². The van der Waals surface area contributed by atoms with E-state index >= 15 is 0 Å². The average Bonchev–Trinajstić information content (AvgIpc) is 2.42. The molecule has 1 aromatic heterocycles. The van der Waals surface area contributed by atoms with Gasteiger partial charge in [0.05, 0.1) is 29.1 Å². The molecule has 128 valence electrons. The summed E-state index contributed by atoms with van der Waals surface area (Å²) in [6.45, 7) is 6.77. The Hall–Kier alpha value is -2.02. The number of halogens is 1. The van der Waals surface area contributed by atoms with E-state index in [9.17, 15) is 4.79 Å². The van der Waals surface area contributed by atoms with E-state index < -0.39 is 5.60 Å². The Morgan fingerprint density at radius 2 is 2.12 bits per heavy atom. The summed E-state index contributed by atoms with van der Waals surface area (Å²) in [6.07, 6.45) is 1.37. The molecule has 1 aromatic carbocycles. The van der Waals surface area contributed by atoms with Gasteiger partial charge in [-0.1, -0.05) is 15.9 Å². The van der Waals surface area contributed by atoms with Crippen LogP contribution in [0.1, 0.15) is 20.8 Å². The van der Waals surface area contributed by atoms with Crippen molar-refractivity contribution in [3.8, 4) is 0 Å². The Morgan fingerprint density at radius 1 is 1.42 bits per heavy atom. The quantitative estimate of drug-likeness (QED) is 0.815. The van der Waals surface area contributed by atoms with Gasteiger partial charge in [-0.15, -0.1) is 0 Å². The Labute approximate surface area is 149 Å². The van der Waals surface area contributed by atoms with Gasteiger partial charge in [0.2, 0.25) is 0 Å². The minimum absolute atomic E-state index is 0.143. The predicted octanol–water partition coefficient (Wildman–Crippen LogP) is 3.61. The molecule has 3 N–H and O–H groups in total. The van der Waals surface area contributed by atoms with Crippen LogP contribution in [0, 0.1) is 0 Å². The van der Waals surface area contributed by atoms with Crippen LogP contribution in [-0.2, 0) is 4.74 Å². The summed E-state index contributed by atoms with van der Waals surface area (Å²) < 4.78 is 6.34. The van der Waals surface area contributed by atoms with Gasteiger partial charge in [-0.3, -0.25) is 4.98 Å². The van der Waals surface area contributed by atoms with Crippen LogP contribution in [0.15, 0.2) is 28.9 Å². The molecule has 2 heterocycles. The van der Waals surface area contributed by atoms with Crippen molar-refractivity contribution in [2.24, 2.45) is 0 Å². The molecule has 0 bridgehead atoms. The van der Waals surface area contributed by atoms with E-state index in [0.717, 1.165) is 21.1 Å². The molecule has 3 rings (SSSR count). The number of amides is 1. The molecule has 1 aliphatic heterocycles. The number of pyridine rings is 1. The Balaban J connectivity index is 1.70. The maximum absolute atomic E-state index is 12.0. The molecule has 0 radical (unpaired) electrons. The zero-order valence-corrected chi connectivity index (χ0v) is 15.6. The highest BCUT2D eigenvalue weighted by molar-refractivity contribution is 9.10. The number of aromatic nitrogens is 1. The van der Waals surface area contributed by atoms with Crippen LogP contribution in [0.5, 0.6) is 0 Å². The standard InChI is InChI=1S/C17H21BrN4O2/c1-17(2,3)24-16(23)22-8-11(9-22)21-15-12-6-10(18)4-5-14(12)20-7-13(15)19/h4-7,11H,8-9,19H2,1-3H3,(H,20,21). The number of benzene rings is 1. The average molecular weight is 393 g/mol. The molecular formula is C17H21BrN4O2. The van der Waals surface area contributed by atoms with Gasteiger partial charge in [0.25, 0.3) is 0 Å². The summed E-state index contributed by atoms with van der Waals surface area (Å²) in [5.74, 6) is 0. The fourth-order valence-corrected chi connectivity index (χ4v) is 2.95. The van der Waals surface area contributed by atoms with E-state index in [1.54, 1.807) is 11.1 Å². The molecular weight excluding hydrogens is 372 g/mol. The largest absolute Gasteiger partial charge is 0.444 e. The molecule has 1 saturated heterocycles. The van der Waals surface area contributed by atoms with E-state index in [2.05, 4.69) is 26.2 Å². The summed E-state index contributed by atoms with van der Waals surface area (Å²) in [6, 6.07) is 6.02. The third-order valence-corrected chi connectivity index (χ3v) is 4.23. The fourth-order valence-electron chi connectivity index (χ4n) is 2.59. The van der Waals surface area contributed by atoms with Gasteiger partial charge in [-0.2, -0.15) is 0 Å². The molecule has 1 aliphatic rings. The van der Waals surface area contributed by atoms with E-state index in [1.807, 2.05) is 39.0 Å². The zero-order valence-electron chi connectivity index (χ0n) is 14.0. The van der Waals surface area contributed by atoms with Crippen molar-refractivity contribution in [3.63, 3.8) is 0 Å². The van der Waals surface area contributed by atoms with E-state index in [1.165, 1.54) is 0 Å². The first kappa shape index (κ1) is 16.8. The Bertz CT molecular complexity index is 777. The van der Waals surface area contributed by atoms with E-state index in [4.69, 9.17) is 10.5 Å². The van der Waals surface area contributed by atoms with E-state index in [0.29, 0.717) is 18.8 Å². The number of ether oxygens (including phenoxy) is 1.